The van der Waals surface area contributed by atoms with E-state index in [1.165, 1.54) is 0 Å². The number of fused-ring (bicyclic) bond motifs is 1. The fourth-order valence-electron chi connectivity index (χ4n) is 3.08. The molecule has 0 saturated carbocycles. The van der Waals surface area contributed by atoms with Gasteiger partial charge in [-0.3, -0.25) is 0 Å². The molecule has 0 radical (unpaired) electrons. The molecular formula is C17H14ClN5. The maximum Gasteiger partial charge on any atom is 0.147 e. The molecule has 6 heteroatoms. The van der Waals surface area contributed by atoms with Crippen LogP contribution in [0.4, 0.5) is 5.82 Å². The predicted octanol–water partition coefficient (Wildman–Crippen LogP) is 3.48. The Bertz CT molecular complexity index is 911. The zero-order valence-corrected chi connectivity index (χ0v) is 13.1. The van der Waals surface area contributed by atoms with Crippen molar-refractivity contribution in [2.45, 2.75) is 12.3 Å². The van der Waals surface area contributed by atoms with E-state index in [4.69, 9.17) is 16.9 Å². The topological polar surface area (TPSA) is 68.6 Å². The minimum absolute atomic E-state index is 0.311. The first-order valence-electron chi connectivity index (χ1n) is 7.50. The van der Waals surface area contributed by atoms with E-state index in [9.17, 15) is 0 Å². The molecule has 1 saturated heterocycles. The lowest BCUT2D eigenvalue weighted by molar-refractivity contribution is 0.725. The van der Waals surface area contributed by atoms with E-state index in [0.717, 1.165) is 42.2 Å². The highest BCUT2D eigenvalue weighted by Crippen LogP contribution is 2.32. The van der Waals surface area contributed by atoms with Crippen molar-refractivity contribution in [1.29, 1.82) is 5.26 Å². The van der Waals surface area contributed by atoms with Gasteiger partial charge in [-0.25, -0.2) is 9.97 Å². The molecular weight excluding hydrogens is 310 g/mol. The number of nitriles is 1. The maximum absolute atomic E-state index is 8.99. The molecule has 0 spiro atoms. The van der Waals surface area contributed by atoms with Gasteiger partial charge in [0, 0.05) is 25.2 Å². The molecule has 1 atom stereocenters. The van der Waals surface area contributed by atoms with E-state index in [0.29, 0.717) is 16.5 Å². The first kappa shape index (κ1) is 14.0. The van der Waals surface area contributed by atoms with Crippen LogP contribution in [0, 0.1) is 11.3 Å². The molecule has 1 aliphatic rings. The lowest BCUT2D eigenvalue weighted by Crippen LogP contribution is -2.20. The SMILES string of the molecule is N#Cc1ccc2nc(C3CCN(c4ncccc4Cl)C3)[nH]c2c1. The van der Waals surface area contributed by atoms with E-state index >= 15 is 0 Å². The van der Waals surface area contributed by atoms with Gasteiger partial charge in [0.2, 0.25) is 0 Å². The van der Waals surface area contributed by atoms with Gasteiger partial charge in [0.15, 0.2) is 0 Å². The average Bonchev–Trinajstić information content (AvgIpc) is 3.21. The summed E-state index contributed by atoms with van der Waals surface area (Å²) in [4.78, 5) is 14.6. The fourth-order valence-corrected chi connectivity index (χ4v) is 3.32. The molecule has 3 aromatic rings. The smallest absolute Gasteiger partial charge is 0.147 e. The number of aromatic nitrogens is 3. The second-order valence-corrected chi connectivity index (χ2v) is 6.11. The molecule has 5 nitrogen and oxygen atoms in total. The van der Waals surface area contributed by atoms with Gasteiger partial charge in [-0.1, -0.05) is 11.6 Å². The summed E-state index contributed by atoms with van der Waals surface area (Å²) in [5, 5.41) is 9.67. The van der Waals surface area contributed by atoms with Gasteiger partial charge in [0.1, 0.15) is 11.6 Å². The van der Waals surface area contributed by atoms with Crippen molar-refractivity contribution in [2.75, 3.05) is 18.0 Å². The molecule has 0 amide bonds. The van der Waals surface area contributed by atoms with E-state index in [1.54, 1.807) is 12.3 Å². The van der Waals surface area contributed by atoms with E-state index < -0.39 is 0 Å². The van der Waals surface area contributed by atoms with Crippen LogP contribution in [0.5, 0.6) is 0 Å². The highest BCUT2D eigenvalue weighted by Gasteiger charge is 2.28. The number of benzene rings is 1. The third kappa shape index (κ3) is 2.51. The van der Waals surface area contributed by atoms with Gasteiger partial charge in [0.05, 0.1) is 27.7 Å². The van der Waals surface area contributed by atoms with Gasteiger partial charge in [-0.15, -0.1) is 0 Å². The molecule has 4 rings (SSSR count). The molecule has 1 fully saturated rings. The standard InChI is InChI=1S/C17H14ClN5/c18-13-2-1-6-20-17(13)23-7-5-12(10-23)16-21-14-4-3-11(9-19)8-15(14)22-16/h1-4,6,8,12H,5,7,10H2,(H,21,22). The molecule has 1 aromatic carbocycles. The molecule has 1 N–H and O–H groups in total. The van der Waals surface area contributed by atoms with Gasteiger partial charge in [-0.05, 0) is 36.8 Å². The molecule has 2 aromatic heterocycles. The average molecular weight is 324 g/mol. The number of hydrogen-bond acceptors (Lipinski definition) is 4. The number of nitrogens with one attached hydrogen (secondary N) is 1. The van der Waals surface area contributed by atoms with Crippen molar-refractivity contribution in [3.05, 3.63) is 52.9 Å². The second-order valence-electron chi connectivity index (χ2n) is 5.71. The van der Waals surface area contributed by atoms with E-state index in [-0.39, 0.29) is 0 Å². The summed E-state index contributed by atoms with van der Waals surface area (Å²) < 4.78 is 0. The monoisotopic (exact) mass is 323 g/mol. The Morgan fingerprint density at radius 3 is 3.09 bits per heavy atom. The largest absolute Gasteiger partial charge is 0.355 e. The number of rotatable bonds is 2. The van der Waals surface area contributed by atoms with Crippen LogP contribution in [0.15, 0.2) is 36.5 Å². The van der Waals surface area contributed by atoms with Crippen LogP contribution >= 0.6 is 11.6 Å². The number of imidazole rings is 1. The number of pyridine rings is 1. The van der Waals surface area contributed by atoms with Crippen molar-refractivity contribution in [2.24, 2.45) is 0 Å². The normalized spacial score (nSPS) is 17.6. The molecule has 0 bridgehead atoms. The Kier molecular flexibility index (Phi) is 3.40. The predicted molar refractivity (Wildman–Crippen MR) is 89.6 cm³/mol. The van der Waals surface area contributed by atoms with Crippen LogP contribution in [0.3, 0.4) is 0 Å². The second kappa shape index (κ2) is 5.56. The summed E-state index contributed by atoms with van der Waals surface area (Å²) in [6, 6.07) is 11.4. The van der Waals surface area contributed by atoms with Gasteiger partial charge < -0.3 is 9.88 Å². The molecule has 114 valence electrons. The van der Waals surface area contributed by atoms with Gasteiger partial charge >= 0.3 is 0 Å². The Morgan fingerprint density at radius 2 is 2.26 bits per heavy atom. The highest BCUT2D eigenvalue weighted by molar-refractivity contribution is 6.32. The van der Waals surface area contributed by atoms with Crippen molar-refractivity contribution in [3.63, 3.8) is 0 Å². The summed E-state index contributed by atoms with van der Waals surface area (Å²) >= 11 is 6.24. The van der Waals surface area contributed by atoms with Crippen molar-refractivity contribution < 1.29 is 0 Å². The Morgan fingerprint density at radius 1 is 1.35 bits per heavy atom. The van der Waals surface area contributed by atoms with Crippen molar-refractivity contribution in [1.82, 2.24) is 15.0 Å². The molecule has 3 heterocycles. The lowest BCUT2D eigenvalue weighted by atomic mass is 10.1. The minimum Gasteiger partial charge on any atom is -0.355 e. The first-order valence-corrected chi connectivity index (χ1v) is 7.87. The van der Waals surface area contributed by atoms with Crippen LogP contribution in [0.2, 0.25) is 5.02 Å². The molecule has 0 aliphatic carbocycles. The van der Waals surface area contributed by atoms with Crippen LogP contribution in [0.1, 0.15) is 23.7 Å². The molecule has 1 aliphatic heterocycles. The summed E-state index contributed by atoms with van der Waals surface area (Å²) in [5.41, 5.74) is 2.45. The van der Waals surface area contributed by atoms with Crippen LogP contribution in [-0.2, 0) is 0 Å². The third-order valence-electron chi connectivity index (χ3n) is 4.24. The quantitative estimate of drug-likeness (QED) is 0.784. The van der Waals surface area contributed by atoms with Crippen molar-refractivity contribution >= 4 is 28.5 Å². The minimum atomic E-state index is 0.311. The van der Waals surface area contributed by atoms with Gasteiger partial charge in [-0.2, -0.15) is 5.26 Å². The van der Waals surface area contributed by atoms with Crippen molar-refractivity contribution in [3.8, 4) is 6.07 Å². The molecule has 23 heavy (non-hydrogen) atoms. The highest BCUT2D eigenvalue weighted by atomic mass is 35.5. The summed E-state index contributed by atoms with van der Waals surface area (Å²) in [5.74, 6) is 2.11. The number of anilines is 1. The summed E-state index contributed by atoms with van der Waals surface area (Å²) in [6.45, 7) is 1.74. The van der Waals surface area contributed by atoms with E-state index in [1.807, 2.05) is 24.3 Å². The summed E-state index contributed by atoms with van der Waals surface area (Å²) in [6.07, 6.45) is 2.76. The van der Waals surface area contributed by atoms with Crippen LogP contribution in [-0.4, -0.2) is 28.0 Å². The van der Waals surface area contributed by atoms with Crippen LogP contribution in [0.25, 0.3) is 11.0 Å². The number of nitrogens with zero attached hydrogens (tertiary/aromatic N) is 4. The number of H-pyrrole nitrogens is 1. The van der Waals surface area contributed by atoms with E-state index in [2.05, 4.69) is 25.9 Å². The lowest BCUT2D eigenvalue weighted by Gasteiger charge is -2.17. The molecule has 1 unspecified atom stereocenters. The number of aromatic amines is 1. The number of halogens is 1. The Labute approximate surface area is 138 Å². The Hall–Kier alpha value is -2.58. The number of hydrogen-bond donors (Lipinski definition) is 1. The first-order chi connectivity index (χ1) is 11.2. The fraction of sp³-hybridized carbons (Fsp3) is 0.235. The zero-order chi connectivity index (χ0) is 15.8. The zero-order valence-electron chi connectivity index (χ0n) is 12.3. The summed E-state index contributed by atoms with van der Waals surface area (Å²) in [7, 11) is 0. The van der Waals surface area contributed by atoms with Crippen LogP contribution < -0.4 is 4.90 Å². The maximum atomic E-state index is 8.99. The Balaban J connectivity index is 1.60. The van der Waals surface area contributed by atoms with Gasteiger partial charge in [0.25, 0.3) is 0 Å². The third-order valence-corrected chi connectivity index (χ3v) is 4.54.